The van der Waals surface area contributed by atoms with Crippen molar-refractivity contribution in [3.63, 3.8) is 0 Å². The van der Waals surface area contributed by atoms with E-state index in [-0.39, 0.29) is 44.8 Å². The number of carbonyl (C=O) groups excluding carboxylic acids is 4. The third-order valence-electron chi connectivity index (χ3n) is 12.0. The average Bonchev–Trinajstić information content (AvgIpc) is 3.02. The van der Waals surface area contributed by atoms with Gasteiger partial charge in [-0.2, -0.15) is 0 Å². The third kappa shape index (κ3) is 8.85. The highest BCUT2D eigenvalue weighted by molar-refractivity contribution is 6.07. The molecule has 0 fully saturated rings. The maximum Gasteiger partial charge on any atom is 0.149 e. The number of ketones is 4. The second-order valence-electron chi connectivity index (χ2n) is 12.5. The standard InChI is InChI=1S/C19H36O2.C18H34O2/c1-8-15(16(20)18(9-2,10-3)11-4)17(21)19(12-5,13-6)14-7;1-8-17(9-2,10-3)15(19)14(7)16(20)18(11-4,12-5)13-6/h15H,8-14H2,1-7H3;14H,8-13H2,1-7H3. The van der Waals surface area contributed by atoms with Crippen LogP contribution >= 0.6 is 0 Å². The van der Waals surface area contributed by atoms with Crippen molar-refractivity contribution in [2.24, 2.45) is 33.5 Å². The third-order valence-corrected chi connectivity index (χ3v) is 12.0. The SMILES string of the molecule is CCC(C(=O)C(CC)(CC)CC)C(=O)C(CC)(CC)CC.CCC(CC)(CC)C(=O)C(C)C(=O)C(CC)(CC)CC. The predicted octanol–water partition coefficient (Wildman–Crippen LogP) is 10.8. The summed E-state index contributed by atoms with van der Waals surface area (Å²) in [5.74, 6) is -0.159. The topological polar surface area (TPSA) is 68.3 Å². The molecule has 242 valence electrons. The van der Waals surface area contributed by atoms with E-state index in [1.807, 2.05) is 13.8 Å². The molecule has 0 rings (SSSR count). The number of Topliss-reactive ketones (excluding diaryl/α,β-unsaturated/α-hetero) is 4. The molecule has 4 nitrogen and oxygen atoms in total. The second kappa shape index (κ2) is 19.1. The molecule has 0 spiro atoms. The molecule has 0 saturated heterocycles. The van der Waals surface area contributed by atoms with Gasteiger partial charge in [0.05, 0.1) is 11.8 Å². The van der Waals surface area contributed by atoms with Crippen molar-refractivity contribution >= 4 is 23.1 Å². The van der Waals surface area contributed by atoms with Crippen LogP contribution in [0.25, 0.3) is 0 Å². The Morgan fingerprint density at radius 2 is 0.537 bits per heavy atom. The van der Waals surface area contributed by atoms with Crippen LogP contribution < -0.4 is 0 Å². The summed E-state index contributed by atoms with van der Waals surface area (Å²) in [4.78, 5) is 52.0. The maximum absolute atomic E-state index is 13.1. The Bertz CT molecular complexity index is 695. The van der Waals surface area contributed by atoms with Crippen LogP contribution in [0.5, 0.6) is 0 Å². The molecule has 0 aliphatic carbocycles. The first-order valence-corrected chi connectivity index (χ1v) is 17.4. The molecule has 0 aliphatic heterocycles. The first kappa shape index (κ1) is 41.8. The minimum Gasteiger partial charge on any atom is -0.298 e. The van der Waals surface area contributed by atoms with E-state index in [1.165, 1.54) is 0 Å². The molecule has 0 saturated carbocycles. The van der Waals surface area contributed by atoms with Gasteiger partial charge >= 0.3 is 0 Å². The molecule has 0 aromatic heterocycles. The molecular formula is C37H70O4. The Morgan fingerprint density at radius 1 is 0.366 bits per heavy atom. The minimum absolute atomic E-state index is 0.162. The van der Waals surface area contributed by atoms with E-state index in [2.05, 4.69) is 83.1 Å². The van der Waals surface area contributed by atoms with Gasteiger partial charge in [0.1, 0.15) is 23.1 Å². The molecule has 0 N–H and O–H groups in total. The molecule has 0 heterocycles. The van der Waals surface area contributed by atoms with Crippen LogP contribution in [0.3, 0.4) is 0 Å². The highest BCUT2D eigenvalue weighted by atomic mass is 16.2. The van der Waals surface area contributed by atoms with Crippen molar-refractivity contribution < 1.29 is 19.2 Å². The summed E-state index contributed by atoms with van der Waals surface area (Å²) in [6.45, 7) is 28.7. The Morgan fingerprint density at radius 3 is 0.683 bits per heavy atom. The van der Waals surface area contributed by atoms with Crippen LogP contribution in [0.1, 0.15) is 180 Å². The molecule has 0 bridgehead atoms. The zero-order chi connectivity index (χ0) is 32.7. The van der Waals surface area contributed by atoms with Crippen molar-refractivity contribution in [1.82, 2.24) is 0 Å². The van der Waals surface area contributed by atoms with Gasteiger partial charge in [0.2, 0.25) is 0 Å². The van der Waals surface area contributed by atoms with E-state index in [4.69, 9.17) is 0 Å². The fourth-order valence-corrected chi connectivity index (χ4v) is 7.36. The van der Waals surface area contributed by atoms with Gasteiger partial charge in [0.15, 0.2) is 0 Å². The van der Waals surface area contributed by atoms with Crippen molar-refractivity contribution in [3.8, 4) is 0 Å². The monoisotopic (exact) mass is 579 g/mol. The Hall–Kier alpha value is -1.32. The van der Waals surface area contributed by atoms with Gasteiger partial charge in [-0.15, -0.1) is 0 Å². The lowest BCUT2D eigenvalue weighted by Crippen LogP contribution is -2.44. The molecule has 0 aromatic rings. The Labute approximate surface area is 256 Å². The van der Waals surface area contributed by atoms with E-state index in [0.717, 1.165) is 77.0 Å². The summed E-state index contributed by atoms with van der Waals surface area (Å²) in [6, 6.07) is 0. The van der Waals surface area contributed by atoms with Crippen LogP contribution in [0.15, 0.2) is 0 Å². The lowest BCUT2D eigenvalue weighted by atomic mass is 9.64. The lowest BCUT2D eigenvalue weighted by molar-refractivity contribution is -0.146. The van der Waals surface area contributed by atoms with Crippen molar-refractivity contribution in [2.45, 2.75) is 180 Å². The molecule has 0 atom stereocenters. The van der Waals surface area contributed by atoms with Crippen molar-refractivity contribution in [1.29, 1.82) is 0 Å². The number of hydrogen-bond acceptors (Lipinski definition) is 4. The Balaban J connectivity index is 0. The molecular weight excluding hydrogens is 508 g/mol. The fourth-order valence-electron chi connectivity index (χ4n) is 7.36. The van der Waals surface area contributed by atoms with Gasteiger partial charge in [0.25, 0.3) is 0 Å². The van der Waals surface area contributed by atoms with Crippen LogP contribution in [0, 0.1) is 33.5 Å². The van der Waals surface area contributed by atoms with E-state index in [1.54, 1.807) is 0 Å². The van der Waals surface area contributed by atoms with Crippen LogP contribution in [0.2, 0.25) is 0 Å². The molecule has 0 radical (unpaired) electrons. The van der Waals surface area contributed by atoms with Crippen molar-refractivity contribution in [3.05, 3.63) is 0 Å². The zero-order valence-electron chi connectivity index (χ0n) is 30.0. The van der Waals surface area contributed by atoms with E-state index >= 15 is 0 Å². The van der Waals surface area contributed by atoms with E-state index in [0.29, 0.717) is 6.42 Å². The quantitative estimate of drug-likeness (QED) is 0.127. The number of hydrogen-bond donors (Lipinski definition) is 0. The van der Waals surface area contributed by atoms with Gasteiger partial charge in [-0.25, -0.2) is 0 Å². The predicted molar refractivity (Wildman–Crippen MR) is 176 cm³/mol. The summed E-state index contributed by atoms with van der Waals surface area (Å²) < 4.78 is 0. The molecule has 41 heavy (non-hydrogen) atoms. The fraction of sp³-hybridized carbons (Fsp3) is 0.892. The summed E-state index contributed by atoms with van der Waals surface area (Å²) in [5.41, 5.74) is -1.24. The van der Waals surface area contributed by atoms with Crippen LogP contribution in [-0.4, -0.2) is 23.1 Å². The summed E-state index contributed by atoms with van der Waals surface area (Å²) in [5, 5.41) is 0. The van der Waals surface area contributed by atoms with Gasteiger partial charge in [-0.05, 0) is 90.4 Å². The summed E-state index contributed by atoms with van der Waals surface area (Å²) in [7, 11) is 0. The van der Waals surface area contributed by atoms with Gasteiger partial charge in [0, 0.05) is 21.7 Å². The lowest BCUT2D eigenvalue weighted by Gasteiger charge is -2.37. The highest BCUT2D eigenvalue weighted by Crippen LogP contribution is 2.41. The average molecular weight is 579 g/mol. The smallest absolute Gasteiger partial charge is 0.149 e. The van der Waals surface area contributed by atoms with Crippen LogP contribution in [-0.2, 0) is 19.2 Å². The van der Waals surface area contributed by atoms with E-state index < -0.39 is 11.8 Å². The molecule has 0 aromatic carbocycles. The van der Waals surface area contributed by atoms with Gasteiger partial charge < -0.3 is 0 Å². The maximum atomic E-state index is 13.1. The molecule has 0 unspecified atom stereocenters. The van der Waals surface area contributed by atoms with E-state index in [9.17, 15) is 19.2 Å². The molecule has 0 amide bonds. The zero-order valence-corrected chi connectivity index (χ0v) is 30.0. The summed E-state index contributed by atoms with van der Waals surface area (Å²) in [6.07, 6.45) is 10.6. The van der Waals surface area contributed by atoms with Gasteiger partial charge in [-0.3, -0.25) is 19.2 Å². The summed E-state index contributed by atoms with van der Waals surface area (Å²) >= 11 is 0. The largest absolute Gasteiger partial charge is 0.298 e. The first-order valence-electron chi connectivity index (χ1n) is 17.4. The highest BCUT2D eigenvalue weighted by Gasteiger charge is 2.46. The molecule has 0 aliphatic rings. The van der Waals surface area contributed by atoms with Gasteiger partial charge in [-0.1, -0.05) is 90.0 Å². The minimum atomic E-state index is -0.463. The second-order valence-corrected chi connectivity index (χ2v) is 12.5. The number of carbonyl (C=O) groups is 4. The normalized spacial score (nSPS) is 12.8. The number of rotatable bonds is 21. The van der Waals surface area contributed by atoms with Crippen molar-refractivity contribution in [2.75, 3.05) is 0 Å². The molecule has 4 heteroatoms. The Kier molecular flexibility index (Phi) is 19.4. The first-order chi connectivity index (χ1) is 19.2. The van der Waals surface area contributed by atoms with Crippen LogP contribution in [0.4, 0.5) is 0 Å².